The van der Waals surface area contributed by atoms with Crippen LogP contribution in [-0.4, -0.2) is 77.5 Å². The zero-order valence-electron chi connectivity index (χ0n) is 21.5. The number of hydrogen-bond donors (Lipinski definition) is 2. The van der Waals surface area contributed by atoms with Crippen LogP contribution in [0.4, 0.5) is 23.7 Å². The molecule has 3 aliphatic heterocycles. The fourth-order valence-corrected chi connectivity index (χ4v) is 5.36. The number of hydrogen-bond acceptors (Lipinski definition) is 6. The van der Waals surface area contributed by atoms with Crippen molar-refractivity contribution in [3.05, 3.63) is 29.6 Å². The largest absolute Gasteiger partial charge is 0.444 e. The van der Waals surface area contributed by atoms with E-state index in [1.807, 2.05) is 0 Å². The monoisotopic (exact) mass is 524 g/mol. The van der Waals surface area contributed by atoms with Gasteiger partial charge in [-0.25, -0.2) is 18.0 Å². The SMILES string of the molecule is CC(C)(C)OC(=O)N1CCC(N2CCC(c3ccc(NC4CCC(=O)NC4=O)cc3F)CC2)C(F)(F)C1. The molecule has 3 heterocycles. The lowest BCUT2D eigenvalue weighted by Gasteiger charge is -2.45. The minimum absolute atomic E-state index is 0.101. The van der Waals surface area contributed by atoms with E-state index < -0.39 is 48.0 Å². The smallest absolute Gasteiger partial charge is 0.410 e. The van der Waals surface area contributed by atoms with Gasteiger partial charge in [-0.15, -0.1) is 0 Å². The van der Waals surface area contributed by atoms with E-state index in [-0.39, 0.29) is 31.2 Å². The number of amides is 3. The predicted octanol–water partition coefficient (Wildman–Crippen LogP) is 3.87. The summed E-state index contributed by atoms with van der Waals surface area (Å²) >= 11 is 0. The third-order valence-electron chi connectivity index (χ3n) is 7.20. The third kappa shape index (κ3) is 6.55. The van der Waals surface area contributed by atoms with Crippen LogP contribution < -0.4 is 10.6 Å². The minimum atomic E-state index is -3.07. The molecule has 0 aromatic heterocycles. The Morgan fingerprint density at radius 1 is 1.11 bits per heavy atom. The van der Waals surface area contributed by atoms with Crippen molar-refractivity contribution >= 4 is 23.6 Å². The zero-order valence-corrected chi connectivity index (χ0v) is 21.5. The fraction of sp³-hybridized carbons (Fsp3) is 0.654. The van der Waals surface area contributed by atoms with E-state index in [2.05, 4.69) is 10.6 Å². The topological polar surface area (TPSA) is 91.0 Å². The van der Waals surface area contributed by atoms with Crippen molar-refractivity contribution < 1.29 is 32.3 Å². The number of anilines is 1. The van der Waals surface area contributed by atoms with Gasteiger partial charge in [0.25, 0.3) is 5.92 Å². The second-order valence-corrected chi connectivity index (χ2v) is 11.2. The van der Waals surface area contributed by atoms with Gasteiger partial charge in [0.15, 0.2) is 0 Å². The van der Waals surface area contributed by atoms with E-state index in [0.29, 0.717) is 43.6 Å². The summed E-state index contributed by atoms with van der Waals surface area (Å²) in [6, 6.07) is 3.14. The molecule has 3 saturated heterocycles. The van der Waals surface area contributed by atoms with Gasteiger partial charge in [0.05, 0.1) is 12.6 Å². The molecule has 2 unspecified atom stereocenters. The molecule has 37 heavy (non-hydrogen) atoms. The van der Waals surface area contributed by atoms with Gasteiger partial charge in [-0.05, 0) is 83.2 Å². The number of benzene rings is 1. The zero-order chi connectivity index (χ0) is 27.0. The lowest BCUT2D eigenvalue weighted by Crippen LogP contribution is -2.60. The summed E-state index contributed by atoms with van der Waals surface area (Å²) in [7, 11) is 0. The molecule has 2 atom stereocenters. The maximum absolute atomic E-state index is 15.1. The van der Waals surface area contributed by atoms with Crippen LogP contribution in [0.2, 0.25) is 0 Å². The predicted molar refractivity (Wildman–Crippen MR) is 131 cm³/mol. The first-order valence-electron chi connectivity index (χ1n) is 12.8. The van der Waals surface area contributed by atoms with Crippen LogP contribution in [0.25, 0.3) is 0 Å². The molecular weight excluding hydrogens is 489 g/mol. The molecule has 0 bridgehead atoms. The molecule has 11 heteroatoms. The Kier molecular flexibility index (Phi) is 7.73. The van der Waals surface area contributed by atoms with Gasteiger partial charge in [-0.2, -0.15) is 0 Å². The average molecular weight is 525 g/mol. The van der Waals surface area contributed by atoms with Gasteiger partial charge >= 0.3 is 6.09 Å². The van der Waals surface area contributed by atoms with Crippen LogP contribution in [0.5, 0.6) is 0 Å². The summed E-state index contributed by atoms with van der Waals surface area (Å²) in [5.74, 6) is -4.33. The van der Waals surface area contributed by atoms with Crippen molar-refractivity contribution in [3.63, 3.8) is 0 Å². The summed E-state index contributed by atoms with van der Waals surface area (Å²) in [5.41, 5.74) is 0.226. The first-order chi connectivity index (χ1) is 17.3. The van der Waals surface area contributed by atoms with Crippen LogP contribution in [-0.2, 0) is 14.3 Å². The average Bonchev–Trinajstić information content (AvgIpc) is 2.79. The number of imide groups is 1. The second kappa shape index (κ2) is 10.5. The molecule has 3 aliphatic rings. The van der Waals surface area contributed by atoms with Gasteiger partial charge in [-0.3, -0.25) is 19.8 Å². The number of ether oxygens (including phenoxy) is 1. The Balaban J connectivity index is 1.32. The molecular formula is C26H35F3N4O4. The summed E-state index contributed by atoms with van der Waals surface area (Å²) in [6.45, 7) is 5.44. The first kappa shape index (κ1) is 27.2. The van der Waals surface area contributed by atoms with Crippen molar-refractivity contribution in [3.8, 4) is 0 Å². The number of piperidine rings is 3. The minimum Gasteiger partial charge on any atom is -0.444 e. The van der Waals surface area contributed by atoms with Gasteiger partial charge in [0.1, 0.15) is 17.5 Å². The first-order valence-corrected chi connectivity index (χ1v) is 12.8. The second-order valence-electron chi connectivity index (χ2n) is 11.2. The summed E-state index contributed by atoms with van der Waals surface area (Å²) in [5, 5.41) is 5.24. The number of carbonyl (C=O) groups excluding carboxylic acids is 3. The van der Waals surface area contributed by atoms with Crippen molar-refractivity contribution in [2.24, 2.45) is 0 Å². The van der Waals surface area contributed by atoms with Gasteiger partial charge < -0.3 is 15.0 Å². The van der Waals surface area contributed by atoms with Crippen molar-refractivity contribution in [2.75, 3.05) is 31.5 Å². The highest BCUT2D eigenvalue weighted by molar-refractivity contribution is 6.01. The standard InChI is InChI=1S/C26H35F3N4O4/c1-25(2,3)37-24(36)33-13-10-21(26(28,29)15-33)32-11-8-16(9-12-32)18-5-4-17(14-19(18)27)30-20-6-7-22(34)31-23(20)35/h4-5,14,16,20-21,30H,6-13,15H2,1-3H3,(H,31,34,35). The Labute approximate surface area is 214 Å². The van der Waals surface area contributed by atoms with E-state index in [1.165, 1.54) is 6.07 Å². The van der Waals surface area contributed by atoms with Crippen LogP contribution in [0.15, 0.2) is 18.2 Å². The molecule has 8 nitrogen and oxygen atoms in total. The number of alkyl halides is 2. The van der Waals surface area contributed by atoms with E-state index in [9.17, 15) is 18.8 Å². The molecule has 0 spiro atoms. The van der Waals surface area contributed by atoms with Gasteiger partial charge in [0.2, 0.25) is 11.8 Å². The van der Waals surface area contributed by atoms with Crippen LogP contribution >= 0.6 is 0 Å². The van der Waals surface area contributed by atoms with Gasteiger partial charge in [-0.1, -0.05) is 6.07 Å². The summed E-state index contributed by atoms with van der Waals surface area (Å²) in [6.07, 6.45) is 1.06. The van der Waals surface area contributed by atoms with Crippen molar-refractivity contribution in [2.45, 2.75) is 82.4 Å². The molecule has 204 valence electrons. The molecule has 4 rings (SSSR count). The number of nitrogens with zero attached hydrogens (tertiary/aromatic N) is 2. The highest BCUT2D eigenvalue weighted by atomic mass is 19.3. The molecule has 2 N–H and O–H groups in total. The molecule has 1 aromatic rings. The Morgan fingerprint density at radius 2 is 1.81 bits per heavy atom. The number of likely N-dealkylation sites (tertiary alicyclic amines) is 2. The van der Waals surface area contributed by atoms with E-state index in [4.69, 9.17) is 4.74 Å². The van der Waals surface area contributed by atoms with Crippen LogP contribution in [0.1, 0.15) is 64.4 Å². The lowest BCUT2D eigenvalue weighted by atomic mass is 9.87. The highest BCUT2D eigenvalue weighted by Gasteiger charge is 2.49. The van der Waals surface area contributed by atoms with E-state index >= 15 is 8.78 Å². The van der Waals surface area contributed by atoms with Crippen molar-refractivity contribution in [1.82, 2.24) is 15.1 Å². The van der Waals surface area contributed by atoms with Crippen LogP contribution in [0.3, 0.4) is 0 Å². The van der Waals surface area contributed by atoms with E-state index in [0.717, 1.165) is 4.90 Å². The molecule has 3 amide bonds. The molecule has 0 saturated carbocycles. The Morgan fingerprint density at radius 3 is 2.41 bits per heavy atom. The normalized spacial score (nSPS) is 25.5. The fourth-order valence-electron chi connectivity index (χ4n) is 5.36. The van der Waals surface area contributed by atoms with E-state index in [1.54, 1.807) is 37.8 Å². The quantitative estimate of drug-likeness (QED) is 0.582. The number of rotatable bonds is 4. The Hall–Kier alpha value is -2.82. The number of carbonyl (C=O) groups is 3. The maximum Gasteiger partial charge on any atom is 0.410 e. The highest BCUT2D eigenvalue weighted by Crippen LogP contribution is 2.37. The van der Waals surface area contributed by atoms with Crippen molar-refractivity contribution in [1.29, 1.82) is 0 Å². The Bertz CT molecular complexity index is 1040. The lowest BCUT2D eigenvalue weighted by molar-refractivity contribution is -0.133. The van der Waals surface area contributed by atoms with Gasteiger partial charge in [0, 0.05) is 18.7 Å². The molecule has 0 aliphatic carbocycles. The molecule has 0 radical (unpaired) electrons. The third-order valence-corrected chi connectivity index (χ3v) is 7.20. The van der Waals surface area contributed by atoms with Crippen LogP contribution in [0, 0.1) is 5.82 Å². The number of nitrogens with one attached hydrogen (secondary N) is 2. The summed E-state index contributed by atoms with van der Waals surface area (Å²) in [4.78, 5) is 38.4. The number of halogens is 3. The molecule has 3 fully saturated rings. The molecule has 1 aromatic carbocycles. The summed E-state index contributed by atoms with van der Waals surface area (Å²) < 4.78 is 50.4. The maximum atomic E-state index is 15.1.